The average Bonchev–Trinajstić information content (AvgIpc) is 2.45. The molecule has 2 aromatic rings. The van der Waals surface area contributed by atoms with Crippen molar-refractivity contribution < 1.29 is 35.8 Å². The highest BCUT2D eigenvalue weighted by Gasteiger charge is 2.20. The zero-order valence-electron chi connectivity index (χ0n) is 11.7. The lowest BCUT2D eigenvalue weighted by Crippen LogP contribution is -2.15. The van der Waals surface area contributed by atoms with Crippen LogP contribution in [0.3, 0.4) is 0 Å². The van der Waals surface area contributed by atoms with Crippen LogP contribution in [0.5, 0.6) is 5.75 Å². The maximum absolute atomic E-state index is 12.1. The largest absolute Gasteiger partial charge is 0.506 e. The molecule has 0 unspecified atom stereocenters. The van der Waals surface area contributed by atoms with Crippen molar-refractivity contribution in [1.29, 1.82) is 0 Å². The molecule has 0 aromatic heterocycles. The van der Waals surface area contributed by atoms with Gasteiger partial charge in [0, 0.05) is 5.56 Å². The van der Waals surface area contributed by atoms with Crippen molar-refractivity contribution in [3.8, 4) is 5.75 Å². The Morgan fingerprint density at radius 1 is 1.00 bits per heavy atom. The predicted octanol–water partition coefficient (Wildman–Crippen LogP) is 0.938. The fraction of sp³-hybridized carbons (Fsp3) is 0. The molecule has 1 amide bonds. The van der Waals surface area contributed by atoms with E-state index in [1.807, 2.05) is 0 Å². The van der Waals surface area contributed by atoms with Gasteiger partial charge in [-0.2, -0.15) is 16.8 Å². The van der Waals surface area contributed by atoms with Gasteiger partial charge >= 0.3 is 0 Å². The summed E-state index contributed by atoms with van der Waals surface area (Å²) in [4.78, 5) is 10.6. The molecular weight excluding hydrogens is 362 g/mol. The highest BCUT2D eigenvalue weighted by molar-refractivity contribution is 7.86. The van der Waals surface area contributed by atoms with E-state index in [2.05, 4.69) is 11.4 Å². The molecule has 11 heteroatoms. The van der Waals surface area contributed by atoms with E-state index in [-0.39, 0.29) is 11.3 Å². The number of nitrogens with one attached hydrogen (secondary N) is 1. The molecule has 0 spiro atoms. The number of phenols is 1. The lowest BCUT2D eigenvalue weighted by Gasteiger charge is -2.10. The fourth-order valence-corrected chi connectivity index (χ4v) is 3.01. The molecule has 2 aromatic carbocycles. The standard InChI is InChI=1S/C13H10NO8S2/c15-10-6-5-8(7-12(10)24(20,21)22)13(16)14-9-3-1-2-4-11(9)23(17,18)19/h1,3-7,15H,(H,14,16)(H,17,18,19)(H,20,21,22). The first kappa shape index (κ1) is 17.9. The van der Waals surface area contributed by atoms with Gasteiger partial charge in [0.25, 0.3) is 26.1 Å². The Morgan fingerprint density at radius 2 is 1.62 bits per heavy atom. The molecule has 0 heterocycles. The van der Waals surface area contributed by atoms with Gasteiger partial charge in [-0.25, -0.2) is 0 Å². The Morgan fingerprint density at radius 3 is 2.21 bits per heavy atom. The molecule has 4 N–H and O–H groups in total. The van der Waals surface area contributed by atoms with Crippen LogP contribution < -0.4 is 5.32 Å². The van der Waals surface area contributed by atoms with Crippen molar-refractivity contribution in [2.45, 2.75) is 9.79 Å². The summed E-state index contributed by atoms with van der Waals surface area (Å²) in [5, 5.41) is 11.6. The second-order valence-corrected chi connectivity index (χ2v) is 7.29. The zero-order chi connectivity index (χ0) is 18.1. The number of hydrogen-bond donors (Lipinski definition) is 4. The summed E-state index contributed by atoms with van der Waals surface area (Å²) in [6, 6.07) is 8.44. The molecule has 0 aliphatic rings. The quantitative estimate of drug-likeness (QED) is 0.577. The van der Waals surface area contributed by atoms with Gasteiger partial charge < -0.3 is 10.4 Å². The summed E-state index contributed by atoms with van der Waals surface area (Å²) in [5.74, 6) is -1.70. The van der Waals surface area contributed by atoms with Gasteiger partial charge in [-0.15, -0.1) is 0 Å². The van der Waals surface area contributed by atoms with Crippen molar-refractivity contribution in [2.75, 3.05) is 5.32 Å². The van der Waals surface area contributed by atoms with E-state index < -0.39 is 41.7 Å². The van der Waals surface area contributed by atoms with Gasteiger partial charge in [0.15, 0.2) is 0 Å². The molecule has 2 rings (SSSR count). The molecular formula is C13H10NO8S2. The molecule has 0 saturated carbocycles. The third-order valence-electron chi connectivity index (χ3n) is 2.85. The van der Waals surface area contributed by atoms with Crippen LogP contribution in [0.4, 0.5) is 5.69 Å². The lowest BCUT2D eigenvalue weighted by molar-refractivity contribution is 0.102. The summed E-state index contributed by atoms with van der Waals surface area (Å²) in [7, 11) is -9.39. The maximum atomic E-state index is 12.1. The number of benzene rings is 2. The highest BCUT2D eigenvalue weighted by Crippen LogP contribution is 2.25. The van der Waals surface area contributed by atoms with Gasteiger partial charge in [-0.05, 0) is 36.4 Å². The number of amides is 1. The number of carbonyl (C=O) groups is 1. The summed E-state index contributed by atoms with van der Waals surface area (Å²) in [6.07, 6.45) is 0. The van der Waals surface area contributed by atoms with Crippen LogP contribution in [0, 0.1) is 6.07 Å². The van der Waals surface area contributed by atoms with Crippen LogP contribution in [0.15, 0.2) is 46.2 Å². The summed E-state index contributed by atoms with van der Waals surface area (Å²) >= 11 is 0. The number of anilines is 1. The van der Waals surface area contributed by atoms with Gasteiger partial charge in [0.05, 0.1) is 5.69 Å². The van der Waals surface area contributed by atoms with Crippen molar-refractivity contribution in [3.05, 3.63) is 48.0 Å². The Hall–Kier alpha value is -2.47. The smallest absolute Gasteiger partial charge is 0.298 e. The first-order valence-electron chi connectivity index (χ1n) is 6.09. The molecule has 0 atom stereocenters. The van der Waals surface area contributed by atoms with Crippen LogP contribution in [0.25, 0.3) is 0 Å². The van der Waals surface area contributed by atoms with Crippen LogP contribution in [0.1, 0.15) is 10.4 Å². The summed E-state index contributed by atoms with van der Waals surface area (Å²) in [5.41, 5.74) is -0.544. The molecule has 0 bridgehead atoms. The van der Waals surface area contributed by atoms with E-state index >= 15 is 0 Å². The van der Waals surface area contributed by atoms with E-state index in [1.165, 1.54) is 6.07 Å². The molecule has 9 nitrogen and oxygen atoms in total. The van der Waals surface area contributed by atoms with Crippen LogP contribution in [-0.4, -0.2) is 37.0 Å². The highest BCUT2D eigenvalue weighted by atomic mass is 32.2. The van der Waals surface area contributed by atoms with Gasteiger partial charge in [0.2, 0.25) is 0 Å². The van der Waals surface area contributed by atoms with Gasteiger partial charge in [0.1, 0.15) is 15.5 Å². The zero-order valence-corrected chi connectivity index (χ0v) is 13.3. The number of phenolic OH excluding ortho intramolecular Hbond substituents is 1. The van der Waals surface area contributed by atoms with E-state index in [0.29, 0.717) is 6.07 Å². The molecule has 127 valence electrons. The van der Waals surface area contributed by atoms with Crippen molar-refractivity contribution in [3.63, 3.8) is 0 Å². The fourth-order valence-electron chi connectivity index (χ4n) is 1.79. The van der Waals surface area contributed by atoms with Gasteiger partial charge in [-0.3, -0.25) is 13.9 Å². The number of hydrogen-bond acceptors (Lipinski definition) is 6. The van der Waals surface area contributed by atoms with Crippen molar-refractivity contribution >= 4 is 31.8 Å². The van der Waals surface area contributed by atoms with E-state index in [4.69, 9.17) is 9.11 Å². The Balaban J connectivity index is 2.43. The molecule has 0 saturated heterocycles. The van der Waals surface area contributed by atoms with Crippen LogP contribution in [-0.2, 0) is 20.2 Å². The van der Waals surface area contributed by atoms with Crippen molar-refractivity contribution in [1.82, 2.24) is 0 Å². The molecule has 0 aliphatic carbocycles. The SMILES string of the molecule is O=C(Nc1cc[c]cc1S(=O)(=O)O)c1ccc(O)c(S(=O)(=O)O)c1. The monoisotopic (exact) mass is 372 g/mol. The first-order chi connectivity index (χ1) is 11.0. The normalized spacial score (nSPS) is 11.9. The van der Waals surface area contributed by atoms with E-state index in [0.717, 1.165) is 24.3 Å². The topological polar surface area (TPSA) is 158 Å². The number of carbonyl (C=O) groups excluding carboxylic acids is 1. The number of rotatable bonds is 4. The van der Waals surface area contributed by atoms with Gasteiger partial charge in [-0.1, -0.05) is 6.07 Å². The first-order valence-corrected chi connectivity index (χ1v) is 8.97. The minimum absolute atomic E-state index is 0.261. The third kappa shape index (κ3) is 3.89. The summed E-state index contributed by atoms with van der Waals surface area (Å²) < 4.78 is 62.8. The van der Waals surface area contributed by atoms with Crippen LogP contribution in [0.2, 0.25) is 0 Å². The second kappa shape index (κ2) is 6.20. The van der Waals surface area contributed by atoms with Crippen molar-refractivity contribution in [2.24, 2.45) is 0 Å². The Bertz CT molecular complexity index is 1010. The molecule has 24 heavy (non-hydrogen) atoms. The summed E-state index contributed by atoms with van der Waals surface area (Å²) in [6.45, 7) is 0. The molecule has 0 aliphatic heterocycles. The maximum Gasteiger partial charge on any atom is 0.298 e. The minimum atomic E-state index is -4.76. The predicted molar refractivity (Wildman–Crippen MR) is 81.0 cm³/mol. The second-order valence-electron chi connectivity index (χ2n) is 4.51. The number of aromatic hydroxyl groups is 1. The average molecular weight is 372 g/mol. The Kier molecular flexibility index (Phi) is 4.62. The van der Waals surface area contributed by atoms with Crippen LogP contribution >= 0.6 is 0 Å². The minimum Gasteiger partial charge on any atom is -0.506 e. The third-order valence-corrected chi connectivity index (χ3v) is 4.63. The Labute approximate surface area is 137 Å². The van der Waals surface area contributed by atoms with E-state index in [1.54, 1.807) is 0 Å². The molecule has 0 fully saturated rings. The van der Waals surface area contributed by atoms with E-state index in [9.17, 15) is 26.7 Å². The molecule has 1 radical (unpaired) electrons. The lowest BCUT2D eigenvalue weighted by atomic mass is 10.2.